The topological polar surface area (TPSA) is 399 Å². The molecule has 0 spiro atoms. The van der Waals surface area contributed by atoms with Crippen molar-refractivity contribution in [1.82, 2.24) is 33.8 Å². The van der Waals surface area contributed by atoms with Crippen molar-refractivity contribution < 1.29 is 84.9 Å². The molecule has 0 radical (unpaired) electrons. The van der Waals surface area contributed by atoms with Gasteiger partial charge in [0.15, 0.2) is 33.0 Å². The van der Waals surface area contributed by atoms with Crippen LogP contribution in [0.2, 0.25) is 10.6 Å². The molecule has 2 saturated heterocycles. The summed E-state index contributed by atoms with van der Waals surface area (Å²) < 4.78 is 98.7. The molecule has 2 aliphatic heterocycles. The molecule has 410 valence electrons. The summed E-state index contributed by atoms with van der Waals surface area (Å²) in [6.45, 7) is 0.727. The first-order valence-electron chi connectivity index (χ1n) is 23.1. The van der Waals surface area contributed by atoms with Crippen LogP contribution in [0.15, 0.2) is 24.5 Å². The van der Waals surface area contributed by atoms with Gasteiger partial charge < -0.3 is 78.7 Å². The van der Waals surface area contributed by atoms with Crippen molar-refractivity contribution in [2.45, 2.75) is 137 Å². The minimum atomic E-state index is -5.09. The average molecular weight is 1150 g/mol. The molecule has 2 aliphatic carbocycles. The van der Waals surface area contributed by atoms with Crippen molar-refractivity contribution in [3.05, 3.63) is 35.1 Å². The van der Waals surface area contributed by atoms with Gasteiger partial charge >= 0.3 is 15.2 Å². The van der Waals surface area contributed by atoms with Crippen LogP contribution in [0.4, 0.5) is 11.6 Å². The Morgan fingerprint density at radius 1 is 0.671 bits per heavy atom. The molecule has 0 bridgehead atoms. The summed E-state index contributed by atoms with van der Waals surface area (Å²) in [4.78, 5) is 56.0. The fourth-order valence-corrected chi connectivity index (χ4v) is 14.6. The number of ether oxygens (including phenoxy) is 4. The van der Waals surface area contributed by atoms with E-state index in [-0.39, 0.29) is 22.7 Å². The zero-order valence-electron chi connectivity index (χ0n) is 39.9. The number of sulfone groups is 1. The summed E-state index contributed by atoms with van der Waals surface area (Å²) in [5.41, 5.74) is 0.698. The number of sulfonamides is 1. The van der Waals surface area contributed by atoms with Crippen molar-refractivity contribution in [3.63, 3.8) is 0 Å². The van der Waals surface area contributed by atoms with Crippen LogP contribution in [0, 0.1) is 0 Å². The van der Waals surface area contributed by atoms with Gasteiger partial charge in [0, 0.05) is 30.7 Å². The van der Waals surface area contributed by atoms with Gasteiger partial charge in [-0.1, -0.05) is 25.7 Å². The number of halogens is 2. The summed E-state index contributed by atoms with van der Waals surface area (Å²) in [7, 11) is -16.9. The third-order valence-corrected chi connectivity index (χ3v) is 19.8. The van der Waals surface area contributed by atoms with E-state index in [1.807, 2.05) is 4.72 Å². The highest BCUT2D eigenvalue weighted by molar-refractivity contribution is 7.91. The Balaban J connectivity index is 0.000000214. The van der Waals surface area contributed by atoms with Crippen LogP contribution in [0.5, 0.6) is 0 Å². The van der Waals surface area contributed by atoms with Gasteiger partial charge in [0.25, 0.3) is 0 Å². The lowest BCUT2D eigenvalue weighted by Gasteiger charge is -2.31. The minimum absolute atomic E-state index is 0.0194. The summed E-state index contributed by atoms with van der Waals surface area (Å²) in [6, 6.07) is 3.97. The first-order valence-corrected chi connectivity index (χ1v) is 30.7. The quantitative estimate of drug-likeness (QED) is 0.0468. The van der Waals surface area contributed by atoms with Crippen molar-refractivity contribution in [1.29, 1.82) is 0 Å². The Hall–Kier alpha value is -2.74. The van der Waals surface area contributed by atoms with Crippen LogP contribution in [0.1, 0.15) is 77.7 Å². The van der Waals surface area contributed by atoms with Gasteiger partial charge in [-0.15, -0.1) is 0 Å². The standard InChI is InChI=1S/C20H31ClN5O9PS.C20H30ClN4O9PS/c1-20(36(29,30)31,10-37(32,33)22-2)34-9-13-14(27)15(28)18(35-13)26-8-7-12-16(23-11-5-3-4-6-11)24-19(21)25-17(12)26;1-20(35(28,29)30,10-36(2,31)32)33-9-13-14(26)15(27)18(34-13)25-8-7-12-16(22-11-5-3-4-6-11)23-19(21)24-17(12)25/h7-8,11,13-15,18,22,27-28H,3-6,9-10H2,1-2H3,(H,23,24,25)(H2,29,30,31);7-8,11,13-15,18,26-27H,3-6,9-10H2,1-2H3,(H,22,23,24)(H2,28,29,30)/t2*13-,14-,15-,18-,20?/m11/s1. The first-order chi connectivity index (χ1) is 33.9. The lowest BCUT2D eigenvalue weighted by atomic mass is 10.1. The number of nitrogens with zero attached hydrogens (tertiary/aromatic N) is 6. The van der Waals surface area contributed by atoms with Crippen molar-refractivity contribution >= 4 is 92.0 Å². The largest absolute Gasteiger partial charge is 0.387 e. The monoisotopic (exact) mass is 1150 g/mol. The highest BCUT2D eigenvalue weighted by Crippen LogP contribution is 2.53. The van der Waals surface area contributed by atoms with E-state index < -0.39 is 120 Å². The predicted octanol–water partition coefficient (Wildman–Crippen LogP) is 1.53. The van der Waals surface area contributed by atoms with Crippen molar-refractivity contribution in [2.75, 3.05) is 48.7 Å². The molecule has 6 heterocycles. The van der Waals surface area contributed by atoms with Crippen molar-refractivity contribution in [3.8, 4) is 0 Å². The van der Waals surface area contributed by atoms with E-state index in [1.54, 1.807) is 24.5 Å². The molecule has 4 fully saturated rings. The van der Waals surface area contributed by atoms with Crippen LogP contribution in [-0.4, -0.2) is 183 Å². The molecule has 33 heteroatoms. The fraction of sp³-hybridized carbons (Fsp3) is 0.700. The maximum Gasteiger partial charge on any atom is 0.357 e. The summed E-state index contributed by atoms with van der Waals surface area (Å²) >= 11 is 12.3. The van der Waals surface area contributed by atoms with Gasteiger partial charge in [0.05, 0.1) is 29.7 Å². The molecule has 8 rings (SSSR count). The van der Waals surface area contributed by atoms with Crippen LogP contribution in [-0.2, 0) is 47.9 Å². The number of hydrogen-bond acceptors (Lipinski definition) is 20. The number of aliphatic hydroxyl groups is 4. The number of rotatable bonds is 19. The van der Waals surface area contributed by atoms with Crippen LogP contribution < -0.4 is 15.4 Å². The summed E-state index contributed by atoms with van der Waals surface area (Å²) in [5.74, 6) is -0.907. The lowest BCUT2D eigenvalue weighted by molar-refractivity contribution is -0.0871. The molecule has 4 aromatic heterocycles. The average Bonchev–Trinajstić information content (AvgIpc) is 4.16. The number of nitrogens with one attached hydrogen (secondary N) is 3. The number of aromatic nitrogens is 6. The smallest absolute Gasteiger partial charge is 0.357 e. The maximum absolute atomic E-state index is 12.1. The van der Waals surface area contributed by atoms with Crippen LogP contribution in [0.3, 0.4) is 0 Å². The number of fused-ring (bicyclic) bond motifs is 2. The third kappa shape index (κ3) is 13.2. The Morgan fingerprint density at radius 2 is 1.04 bits per heavy atom. The lowest BCUT2D eigenvalue weighted by Crippen LogP contribution is -2.43. The molecule has 11 N–H and O–H groups in total. The Kier molecular flexibility index (Phi) is 17.7. The molecule has 27 nitrogen and oxygen atoms in total. The summed E-state index contributed by atoms with van der Waals surface area (Å²) in [5, 5.41) is 45.8. The molecular weight excluding hydrogens is 1090 g/mol. The SMILES string of the molecule is CC(CS(C)(=O)=O)(OC[C@H]1O[C@@H](n2ccc3c(NC4CCCC4)nc(Cl)nc32)[C@H](O)[C@@H]1O)P(=O)(O)O.CNS(=O)(=O)CC(C)(OC[C@H]1O[C@@H](n2ccc3c(NC4CCCC4)nc(Cl)nc32)[C@H](O)[C@@H]1O)P(=O)(O)O. The molecule has 4 aromatic rings. The Morgan fingerprint density at radius 3 is 1.38 bits per heavy atom. The molecular formula is C40H61Cl2N9O18P2S2. The van der Waals surface area contributed by atoms with E-state index in [0.29, 0.717) is 33.7 Å². The van der Waals surface area contributed by atoms with Crippen molar-refractivity contribution in [2.24, 2.45) is 0 Å². The Labute approximate surface area is 429 Å². The van der Waals surface area contributed by atoms with Gasteiger partial charge in [0.2, 0.25) is 20.6 Å². The normalized spacial score (nSPS) is 27.3. The molecule has 4 aliphatic rings. The van der Waals surface area contributed by atoms with E-state index >= 15 is 0 Å². The maximum atomic E-state index is 12.1. The third-order valence-electron chi connectivity index (χ3n) is 13.4. The second-order valence-corrected chi connectivity index (χ2v) is 27.9. The molecule has 10 atom stereocenters. The van der Waals surface area contributed by atoms with E-state index in [9.17, 15) is 66.0 Å². The number of hydrogen-bond donors (Lipinski definition) is 11. The van der Waals surface area contributed by atoms with Gasteiger partial charge in [-0.3, -0.25) is 9.13 Å². The molecule has 2 saturated carbocycles. The summed E-state index contributed by atoms with van der Waals surface area (Å²) in [6.07, 6.45) is 1.85. The second-order valence-electron chi connectivity index (χ2n) is 19.0. The van der Waals surface area contributed by atoms with Gasteiger partial charge in [0.1, 0.15) is 65.3 Å². The van der Waals surface area contributed by atoms with Gasteiger partial charge in [-0.25, -0.2) is 31.5 Å². The van der Waals surface area contributed by atoms with Gasteiger partial charge in [-0.2, -0.15) is 9.97 Å². The van der Waals surface area contributed by atoms with E-state index in [2.05, 4.69) is 30.6 Å². The molecule has 73 heavy (non-hydrogen) atoms. The zero-order chi connectivity index (χ0) is 53.6. The fourth-order valence-electron chi connectivity index (χ4n) is 9.22. The number of aliphatic hydroxyl groups excluding tert-OH is 4. The van der Waals surface area contributed by atoms with E-state index in [1.165, 1.54) is 9.13 Å². The Bertz CT molecular complexity index is 2940. The highest BCUT2D eigenvalue weighted by atomic mass is 35.5. The molecule has 0 amide bonds. The van der Waals surface area contributed by atoms with Gasteiger partial charge in [-0.05, 0) is 81.9 Å². The van der Waals surface area contributed by atoms with Crippen LogP contribution >= 0.6 is 38.4 Å². The molecule has 2 unspecified atom stereocenters. The first kappa shape index (κ1) is 58.0. The predicted molar refractivity (Wildman–Crippen MR) is 264 cm³/mol. The second kappa shape index (κ2) is 22.3. The van der Waals surface area contributed by atoms with Crippen LogP contribution in [0.25, 0.3) is 22.1 Å². The number of anilines is 2. The minimum Gasteiger partial charge on any atom is -0.387 e. The molecule has 0 aromatic carbocycles. The van der Waals surface area contributed by atoms with E-state index in [0.717, 1.165) is 78.5 Å². The van der Waals surface area contributed by atoms with E-state index in [4.69, 9.17) is 42.1 Å². The highest BCUT2D eigenvalue weighted by Gasteiger charge is 2.52. The zero-order valence-corrected chi connectivity index (χ0v) is 44.8.